The molecule has 142 valence electrons. The van der Waals surface area contributed by atoms with Gasteiger partial charge in [0.05, 0.1) is 6.54 Å². The van der Waals surface area contributed by atoms with Crippen molar-refractivity contribution in [1.82, 2.24) is 9.80 Å². The Morgan fingerprint density at radius 3 is 2.46 bits per heavy atom. The number of hydrogen-bond acceptors (Lipinski definition) is 4. The molecule has 1 aromatic carbocycles. The average Bonchev–Trinajstić information content (AvgIpc) is 3.10. The number of nitrogens with zero attached hydrogens (tertiary/aromatic N) is 2. The van der Waals surface area contributed by atoms with Crippen LogP contribution in [0.3, 0.4) is 0 Å². The number of hydrogen-bond donors (Lipinski definition) is 1. The number of aliphatic hydroxyl groups is 1. The fourth-order valence-corrected chi connectivity index (χ4v) is 3.69. The number of benzene rings is 1. The van der Waals surface area contributed by atoms with Crippen LogP contribution in [0, 0.1) is 11.7 Å². The highest BCUT2D eigenvalue weighted by Crippen LogP contribution is 2.20. The summed E-state index contributed by atoms with van der Waals surface area (Å²) in [5.41, 5.74) is 1.20. The monoisotopic (exact) mass is 360 g/mol. The Hall–Kier alpha value is -1.69. The molecular formula is C21H29FN2O2. The van der Waals surface area contributed by atoms with Crippen molar-refractivity contribution in [3.05, 3.63) is 59.3 Å². The molecule has 1 aliphatic heterocycles. The normalized spacial score (nSPS) is 16.5. The van der Waals surface area contributed by atoms with Crippen LogP contribution in [0.4, 0.5) is 4.39 Å². The van der Waals surface area contributed by atoms with Crippen molar-refractivity contribution < 1.29 is 13.9 Å². The summed E-state index contributed by atoms with van der Waals surface area (Å²) in [6.07, 6.45) is 3.41. The second kappa shape index (κ2) is 9.31. The van der Waals surface area contributed by atoms with Crippen LogP contribution in [0.25, 0.3) is 0 Å². The molecule has 5 heteroatoms. The van der Waals surface area contributed by atoms with Gasteiger partial charge < -0.3 is 14.4 Å². The van der Waals surface area contributed by atoms with Crippen LogP contribution in [0.5, 0.6) is 0 Å². The van der Waals surface area contributed by atoms with Gasteiger partial charge in [-0.25, -0.2) is 4.39 Å². The molecule has 0 amide bonds. The number of aliphatic hydroxyl groups excluding tert-OH is 1. The van der Waals surface area contributed by atoms with E-state index in [9.17, 15) is 4.39 Å². The molecule has 0 aliphatic carbocycles. The van der Waals surface area contributed by atoms with Crippen molar-refractivity contribution in [3.63, 3.8) is 0 Å². The van der Waals surface area contributed by atoms with Gasteiger partial charge >= 0.3 is 0 Å². The van der Waals surface area contributed by atoms with Gasteiger partial charge in [-0.05, 0) is 75.1 Å². The SMILES string of the molecule is CN(Cc1ccc(CO)o1)CC1CCN(CCc2ccc(F)cc2)CC1. The van der Waals surface area contributed by atoms with Gasteiger partial charge in [-0.2, -0.15) is 0 Å². The molecule has 2 heterocycles. The summed E-state index contributed by atoms with van der Waals surface area (Å²) in [5.74, 6) is 2.09. The third-order valence-corrected chi connectivity index (χ3v) is 5.21. The lowest BCUT2D eigenvalue weighted by Gasteiger charge is -2.33. The summed E-state index contributed by atoms with van der Waals surface area (Å²) >= 11 is 0. The van der Waals surface area contributed by atoms with E-state index in [4.69, 9.17) is 9.52 Å². The van der Waals surface area contributed by atoms with Gasteiger partial charge in [0, 0.05) is 13.1 Å². The van der Waals surface area contributed by atoms with Crippen molar-refractivity contribution in [1.29, 1.82) is 0 Å². The molecule has 0 radical (unpaired) electrons. The van der Waals surface area contributed by atoms with Crippen molar-refractivity contribution in [2.75, 3.05) is 33.2 Å². The summed E-state index contributed by atoms with van der Waals surface area (Å²) < 4.78 is 18.5. The highest BCUT2D eigenvalue weighted by molar-refractivity contribution is 5.16. The molecule has 26 heavy (non-hydrogen) atoms. The van der Waals surface area contributed by atoms with E-state index in [0.717, 1.165) is 44.9 Å². The number of halogens is 1. The molecule has 1 N–H and O–H groups in total. The second-order valence-electron chi connectivity index (χ2n) is 7.38. The van der Waals surface area contributed by atoms with E-state index in [-0.39, 0.29) is 12.4 Å². The molecule has 0 saturated carbocycles. The molecule has 2 aromatic rings. The van der Waals surface area contributed by atoms with Gasteiger partial charge in [0.2, 0.25) is 0 Å². The predicted octanol–water partition coefficient (Wildman–Crippen LogP) is 3.30. The summed E-state index contributed by atoms with van der Waals surface area (Å²) in [5, 5.41) is 9.07. The van der Waals surface area contributed by atoms with Crippen molar-refractivity contribution in [2.45, 2.75) is 32.4 Å². The Morgan fingerprint density at radius 1 is 1.12 bits per heavy atom. The van der Waals surface area contributed by atoms with E-state index in [1.807, 2.05) is 24.3 Å². The summed E-state index contributed by atoms with van der Waals surface area (Å²) in [6.45, 7) is 5.13. The van der Waals surface area contributed by atoms with Crippen LogP contribution in [-0.4, -0.2) is 48.1 Å². The number of piperidine rings is 1. The highest BCUT2D eigenvalue weighted by atomic mass is 19.1. The van der Waals surface area contributed by atoms with Gasteiger partial charge in [-0.3, -0.25) is 4.90 Å². The predicted molar refractivity (Wildman–Crippen MR) is 100 cm³/mol. The molecule has 0 unspecified atom stereocenters. The van der Waals surface area contributed by atoms with Crippen molar-refractivity contribution in [3.8, 4) is 0 Å². The maximum Gasteiger partial charge on any atom is 0.129 e. The lowest BCUT2D eigenvalue weighted by atomic mass is 9.96. The molecular weight excluding hydrogens is 331 g/mol. The van der Waals surface area contributed by atoms with Gasteiger partial charge in [-0.15, -0.1) is 0 Å². The molecule has 1 aromatic heterocycles. The third-order valence-electron chi connectivity index (χ3n) is 5.21. The molecule has 4 nitrogen and oxygen atoms in total. The standard InChI is InChI=1S/C21H29FN2O2/c1-23(15-20-6-7-21(16-25)26-20)14-18-9-12-24(13-10-18)11-8-17-2-4-19(22)5-3-17/h2-7,18,25H,8-16H2,1H3. The van der Waals surface area contributed by atoms with E-state index in [2.05, 4.69) is 16.8 Å². The van der Waals surface area contributed by atoms with Gasteiger partial charge in [-0.1, -0.05) is 12.1 Å². The van der Waals surface area contributed by atoms with Gasteiger partial charge in [0.25, 0.3) is 0 Å². The number of likely N-dealkylation sites (tertiary alicyclic amines) is 1. The quantitative estimate of drug-likeness (QED) is 0.784. The van der Waals surface area contributed by atoms with E-state index in [1.165, 1.54) is 18.4 Å². The first-order chi connectivity index (χ1) is 12.6. The molecule has 0 atom stereocenters. The molecule has 1 fully saturated rings. The molecule has 0 spiro atoms. The summed E-state index contributed by atoms with van der Waals surface area (Å²) in [4.78, 5) is 4.82. The first kappa shape index (κ1) is 19.1. The lowest BCUT2D eigenvalue weighted by molar-refractivity contribution is 0.149. The molecule has 0 bridgehead atoms. The van der Waals surface area contributed by atoms with Crippen LogP contribution in [0.15, 0.2) is 40.8 Å². The number of furan rings is 1. The van der Waals surface area contributed by atoms with Crippen LogP contribution < -0.4 is 0 Å². The fraction of sp³-hybridized carbons (Fsp3) is 0.524. The Balaban J connectivity index is 1.35. The maximum absolute atomic E-state index is 13.0. The summed E-state index contributed by atoms with van der Waals surface area (Å²) in [6, 6.07) is 10.6. The van der Waals surface area contributed by atoms with Crippen molar-refractivity contribution >= 4 is 0 Å². The molecule has 1 saturated heterocycles. The summed E-state index contributed by atoms with van der Waals surface area (Å²) in [7, 11) is 2.13. The maximum atomic E-state index is 13.0. The van der Waals surface area contributed by atoms with Crippen molar-refractivity contribution in [2.24, 2.45) is 5.92 Å². The Morgan fingerprint density at radius 2 is 1.81 bits per heavy atom. The lowest BCUT2D eigenvalue weighted by Crippen LogP contribution is -2.38. The first-order valence-electron chi connectivity index (χ1n) is 9.46. The van der Waals surface area contributed by atoms with Crippen LogP contribution >= 0.6 is 0 Å². The topological polar surface area (TPSA) is 39.9 Å². The van der Waals surface area contributed by atoms with E-state index in [1.54, 1.807) is 12.1 Å². The minimum absolute atomic E-state index is 0.0416. The minimum Gasteiger partial charge on any atom is -0.462 e. The zero-order chi connectivity index (χ0) is 18.4. The Labute approximate surface area is 155 Å². The number of rotatable bonds is 8. The van der Waals surface area contributed by atoms with Crippen LogP contribution in [-0.2, 0) is 19.6 Å². The Kier molecular flexibility index (Phi) is 6.83. The minimum atomic E-state index is -0.166. The third kappa shape index (κ3) is 5.66. The van der Waals surface area contributed by atoms with E-state index >= 15 is 0 Å². The van der Waals surface area contributed by atoms with Gasteiger partial charge in [0.15, 0.2) is 0 Å². The smallest absolute Gasteiger partial charge is 0.129 e. The zero-order valence-corrected chi connectivity index (χ0v) is 15.5. The molecule has 3 rings (SSSR count). The van der Waals surface area contributed by atoms with Gasteiger partial charge in [0.1, 0.15) is 23.9 Å². The first-order valence-corrected chi connectivity index (χ1v) is 9.46. The molecule has 1 aliphatic rings. The van der Waals surface area contributed by atoms with E-state index < -0.39 is 0 Å². The van der Waals surface area contributed by atoms with Crippen LogP contribution in [0.2, 0.25) is 0 Å². The van der Waals surface area contributed by atoms with E-state index in [0.29, 0.717) is 11.7 Å². The fourth-order valence-electron chi connectivity index (χ4n) is 3.69. The largest absolute Gasteiger partial charge is 0.462 e. The highest BCUT2D eigenvalue weighted by Gasteiger charge is 2.20. The van der Waals surface area contributed by atoms with Crippen LogP contribution in [0.1, 0.15) is 29.9 Å². The Bertz CT molecular complexity index is 663. The second-order valence-corrected chi connectivity index (χ2v) is 7.38. The average molecular weight is 360 g/mol. The zero-order valence-electron chi connectivity index (χ0n) is 15.5.